The molecule has 0 bridgehead atoms. The number of pyridine rings is 1. The minimum atomic E-state index is 0.422. The van der Waals surface area contributed by atoms with Gasteiger partial charge in [0.25, 0.3) is 0 Å². The normalized spacial score (nSPS) is 12.1. The summed E-state index contributed by atoms with van der Waals surface area (Å²) in [6.45, 7) is 11.9. The Hall–Kier alpha value is -1.37. The molecule has 0 spiro atoms. The molecular weight excluding hydrogens is 158 g/mol. The molecule has 0 fully saturated rings. The predicted molar refractivity (Wildman–Crippen MR) is 57.8 cm³/mol. The van der Waals surface area contributed by atoms with Gasteiger partial charge in [0.1, 0.15) is 0 Å². The smallest absolute Gasteiger partial charge is 0.0501 e. The molecule has 0 N–H and O–H groups in total. The molecule has 0 aliphatic rings. The summed E-state index contributed by atoms with van der Waals surface area (Å²) in [7, 11) is 0. The van der Waals surface area contributed by atoms with Crippen LogP contribution in [0.5, 0.6) is 0 Å². The first-order valence-electron chi connectivity index (χ1n) is 4.43. The maximum Gasteiger partial charge on any atom is 0.0501 e. The van der Waals surface area contributed by atoms with Crippen LogP contribution in [-0.2, 0) is 0 Å². The summed E-state index contributed by atoms with van der Waals surface area (Å²) in [6, 6.07) is 1.95. The van der Waals surface area contributed by atoms with Crippen LogP contribution in [0.3, 0.4) is 0 Å². The van der Waals surface area contributed by atoms with Crippen LogP contribution in [0.2, 0.25) is 0 Å². The van der Waals surface area contributed by atoms with Gasteiger partial charge in [-0.2, -0.15) is 0 Å². The van der Waals surface area contributed by atoms with E-state index < -0.39 is 0 Å². The Labute approximate surface area is 79.1 Å². The third kappa shape index (κ3) is 2.05. The van der Waals surface area contributed by atoms with Gasteiger partial charge in [-0.25, -0.2) is 0 Å². The van der Waals surface area contributed by atoms with Gasteiger partial charge in [-0.15, -0.1) is 0 Å². The SMILES string of the molecule is C=C/C=c1/ccnc(C(C)C)c1=C. The van der Waals surface area contributed by atoms with Crippen LogP contribution >= 0.6 is 0 Å². The molecule has 0 saturated carbocycles. The molecule has 0 radical (unpaired) electrons. The van der Waals surface area contributed by atoms with Gasteiger partial charge in [-0.3, -0.25) is 4.98 Å². The number of rotatable bonds is 2. The lowest BCUT2D eigenvalue weighted by atomic mass is 10.1. The Bertz CT molecular complexity index is 402. The summed E-state index contributed by atoms with van der Waals surface area (Å²) in [5.41, 5.74) is 1.07. The van der Waals surface area contributed by atoms with Crippen LogP contribution < -0.4 is 10.4 Å². The molecule has 1 aromatic rings. The molecule has 0 aliphatic carbocycles. The average Bonchev–Trinajstić information content (AvgIpc) is 2.08. The van der Waals surface area contributed by atoms with Crippen LogP contribution in [0, 0.1) is 0 Å². The molecule has 1 aromatic heterocycles. The Balaban J connectivity index is 3.44. The summed E-state index contributed by atoms with van der Waals surface area (Å²) in [5.74, 6) is 0.422. The fraction of sp³-hybridized carbons (Fsp3) is 0.250. The standard InChI is InChI=1S/C12H15N/c1-5-6-11-7-8-13-12(9(2)3)10(11)4/h5-9H,1,4H2,2-3H3/b11-6-. The van der Waals surface area contributed by atoms with Gasteiger partial charge < -0.3 is 0 Å². The summed E-state index contributed by atoms with van der Waals surface area (Å²) in [6.07, 6.45) is 5.54. The third-order valence-electron chi connectivity index (χ3n) is 1.97. The van der Waals surface area contributed by atoms with Crippen LogP contribution in [0.25, 0.3) is 12.7 Å². The number of hydrogen-bond acceptors (Lipinski definition) is 1. The topological polar surface area (TPSA) is 12.9 Å². The van der Waals surface area contributed by atoms with E-state index >= 15 is 0 Å². The van der Waals surface area contributed by atoms with Crippen molar-refractivity contribution in [2.24, 2.45) is 0 Å². The maximum absolute atomic E-state index is 4.30. The highest BCUT2D eigenvalue weighted by Gasteiger charge is 2.00. The summed E-state index contributed by atoms with van der Waals surface area (Å²) in [4.78, 5) is 4.30. The summed E-state index contributed by atoms with van der Waals surface area (Å²) >= 11 is 0. The lowest BCUT2D eigenvalue weighted by Crippen LogP contribution is -2.28. The fourth-order valence-corrected chi connectivity index (χ4v) is 1.30. The lowest BCUT2D eigenvalue weighted by molar-refractivity contribution is 0.812. The zero-order chi connectivity index (χ0) is 9.84. The van der Waals surface area contributed by atoms with Gasteiger partial charge in [0, 0.05) is 6.20 Å². The number of nitrogens with zero attached hydrogens (tertiary/aromatic N) is 1. The number of aromatic nitrogens is 1. The van der Waals surface area contributed by atoms with Crippen LogP contribution in [-0.4, -0.2) is 4.98 Å². The second-order valence-electron chi connectivity index (χ2n) is 3.32. The van der Waals surface area contributed by atoms with E-state index in [1.54, 1.807) is 6.08 Å². The highest BCUT2D eigenvalue weighted by Crippen LogP contribution is 2.02. The second kappa shape index (κ2) is 4.04. The molecule has 68 valence electrons. The lowest BCUT2D eigenvalue weighted by Gasteiger charge is -2.03. The van der Waals surface area contributed by atoms with Gasteiger partial charge in [0.2, 0.25) is 0 Å². The van der Waals surface area contributed by atoms with Gasteiger partial charge in [-0.1, -0.05) is 39.2 Å². The van der Waals surface area contributed by atoms with E-state index in [1.165, 1.54) is 0 Å². The quantitative estimate of drug-likeness (QED) is 0.661. The number of hydrogen-bond donors (Lipinski definition) is 0. The molecule has 0 aliphatic heterocycles. The molecule has 1 heteroatoms. The zero-order valence-corrected chi connectivity index (χ0v) is 8.25. The zero-order valence-electron chi connectivity index (χ0n) is 8.25. The molecule has 0 unspecified atom stereocenters. The minimum absolute atomic E-state index is 0.422. The van der Waals surface area contributed by atoms with E-state index in [2.05, 4.69) is 32.0 Å². The van der Waals surface area contributed by atoms with Crippen LogP contribution in [0.4, 0.5) is 0 Å². The Morgan fingerprint density at radius 2 is 2.15 bits per heavy atom. The van der Waals surface area contributed by atoms with Gasteiger partial charge in [0.05, 0.1) is 5.69 Å². The summed E-state index contributed by atoms with van der Waals surface area (Å²) in [5, 5.41) is 2.12. The highest BCUT2D eigenvalue weighted by atomic mass is 14.7. The molecule has 1 nitrogen and oxygen atoms in total. The maximum atomic E-state index is 4.30. The van der Waals surface area contributed by atoms with E-state index in [4.69, 9.17) is 0 Å². The minimum Gasteiger partial charge on any atom is -0.260 e. The largest absolute Gasteiger partial charge is 0.260 e. The molecule has 13 heavy (non-hydrogen) atoms. The van der Waals surface area contributed by atoms with Crippen molar-refractivity contribution in [1.29, 1.82) is 0 Å². The number of allylic oxidation sites excluding steroid dienone is 1. The van der Waals surface area contributed by atoms with Crippen molar-refractivity contribution in [2.75, 3.05) is 0 Å². The second-order valence-corrected chi connectivity index (χ2v) is 3.32. The molecule has 1 rings (SSSR count). The summed E-state index contributed by atoms with van der Waals surface area (Å²) < 4.78 is 0. The van der Waals surface area contributed by atoms with Gasteiger partial charge in [-0.05, 0) is 22.4 Å². The fourth-order valence-electron chi connectivity index (χ4n) is 1.30. The molecule has 0 atom stereocenters. The molecule has 0 saturated heterocycles. The molecule has 0 amide bonds. The van der Waals surface area contributed by atoms with Crippen molar-refractivity contribution in [3.8, 4) is 0 Å². The van der Waals surface area contributed by atoms with Crippen LogP contribution in [0.15, 0.2) is 24.9 Å². The Morgan fingerprint density at radius 1 is 1.46 bits per heavy atom. The highest BCUT2D eigenvalue weighted by molar-refractivity contribution is 5.36. The Morgan fingerprint density at radius 3 is 2.69 bits per heavy atom. The van der Waals surface area contributed by atoms with Gasteiger partial charge in [0.15, 0.2) is 0 Å². The van der Waals surface area contributed by atoms with Crippen molar-refractivity contribution >= 4 is 12.7 Å². The first-order chi connectivity index (χ1) is 6.16. The molecule has 0 aromatic carbocycles. The van der Waals surface area contributed by atoms with Crippen molar-refractivity contribution in [2.45, 2.75) is 19.8 Å². The Kier molecular flexibility index (Phi) is 3.02. The van der Waals surface area contributed by atoms with Gasteiger partial charge >= 0.3 is 0 Å². The average molecular weight is 173 g/mol. The van der Waals surface area contributed by atoms with Crippen molar-refractivity contribution < 1.29 is 0 Å². The molecule has 1 heterocycles. The van der Waals surface area contributed by atoms with Crippen molar-refractivity contribution in [3.63, 3.8) is 0 Å². The van der Waals surface area contributed by atoms with E-state index in [-0.39, 0.29) is 0 Å². The van der Waals surface area contributed by atoms with E-state index in [0.717, 1.165) is 16.1 Å². The van der Waals surface area contributed by atoms with E-state index in [9.17, 15) is 0 Å². The third-order valence-corrected chi connectivity index (χ3v) is 1.97. The first-order valence-corrected chi connectivity index (χ1v) is 4.43. The first kappa shape index (κ1) is 9.72. The predicted octanol–water partition coefficient (Wildman–Crippen LogP) is 1.58. The van der Waals surface area contributed by atoms with Crippen LogP contribution in [0.1, 0.15) is 25.5 Å². The van der Waals surface area contributed by atoms with Crippen molar-refractivity contribution in [3.05, 3.63) is 41.0 Å². The van der Waals surface area contributed by atoms with Crippen molar-refractivity contribution in [1.82, 2.24) is 4.98 Å². The molecular formula is C12H15N. The monoisotopic (exact) mass is 173 g/mol. The van der Waals surface area contributed by atoms with E-state index in [0.29, 0.717) is 5.92 Å². The van der Waals surface area contributed by atoms with E-state index in [1.807, 2.05) is 18.3 Å².